The van der Waals surface area contributed by atoms with E-state index in [1.807, 2.05) is 6.07 Å². The molecule has 152 valence electrons. The van der Waals surface area contributed by atoms with E-state index in [2.05, 4.69) is 23.1 Å². The Morgan fingerprint density at radius 2 is 2.10 bits per heavy atom. The zero-order valence-corrected chi connectivity index (χ0v) is 16.9. The Balaban J connectivity index is 1.30. The molecule has 8 heteroatoms. The lowest BCUT2D eigenvalue weighted by Crippen LogP contribution is -2.46. The molecule has 7 nitrogen and oxygen atoms in total. The van der Waals surface area contributed by atoms with Gasteiger partial charge in [0.15, 0.2) is 6.10 Å². The van der Waals surface area contributed by atoms with Crippen LogP contribution in [0.4, 0.5) is 5.69 Å². The summed E-state index contributed by atoms with van der Waals surface area (Å²) >= 11 is 1.48. The van der Waals surface area contributed by atoms with Crippen molar-refractivity contribution in [1.82, 2.24) is 10.9 Å². The average molecular weight is 413 g/mol. The van der Waals surface area contributed by atoms with Crippen LogP contribution in [-0.2, 0) is 22.4 Å². The molecule has 1 aliphatic heterocycles. The molecule has 2 aromatic rings. The van der Waals surface area contributed by atoms with Crippen LogP contribution in [0.3, 0.4) is 0 Å². The summed E-state index contributed by atoms with van der Waals surface area (Å²) in [4.78, 5) is 38.6. The molecule has 0 saturated heterocycles. The lowest BCUT2D eigenvalue weighted by atomic mass is 9.87. The quantitative estimate of drug-likeness (QED) is 0.672. The van der Waals surface area contributed by atoms with Gasteiger partial charge in [0.1, 0.15) is 5.75 Å². The Bertz CT molecular complexity index is 955. The van der Waals surface area contributed by atoms with Crippen molar-refractivity contribution in [3.63, 3.8) is 0 Å². The normalized spacial score (nSPS) is 20.0. The van der Waals surface area contributed by atoms with Gasteiger partial charge in [0.25, 0.3) is 11.8 Å². The van der Waals surface area contributed by atoms with Crippen molar-refractivity contribution < 1.29 is 19.1 Å². The smallest absolute Gasteiger partial charge is 0.279 e. The van der Waals surface area contributed by atoms with E-state index in [9.17, 15) is 14.4 Å². The molecule has 0 unspecified atom stereocenters. The van der Waals surface area contributed by atoms with Gasteiger partial charge in [-0.15, -0.1) is 11.3 Å². The minimum absolute atomic E-state index is 0.195. The first-order chi connectivity index (χ1) is 14.0. The van der Waals surface area contributed by atoms with E-state index >= 15 is 0 Å². The molecule has 4 rings (SSSR count). The monoisotopic (exact) mass is 413 g/mol. The van der Waals surface area contributed by atoms with E-state index in [1.54, 1.807) is 24.3 Å². The molecule has 3 N–H and O–H groups in total. The summed E-state index contributed by atoms with van der Waals surface area (Å²) in [6.45, 7) is 2.19. The maximum Gasteiger partial charge on any atom is 0.279 e. The molecule has 0 spiro atoms. The van der Waals surface area contributed by atoms with Crippen LogP contribution >= 0.6 is 11.3 Å². The van der Waals surface area contributed by atoms with E-state index in [4.69, 9.17) is 4.74 Å². The van der Waals surface area contributed by atoms with E-state index in [1.165, 1.54) is 21.8 Å². The number of ether oxygens (including phenoxy) is 1. The highest BCUT2D eigenvalue weighted by molar-refractivity contribution is 7.14. The molecular formula is C21H23N3O4S. The van der Waals surface area contributed by atoms with E-state index in [-0.39, 0.29) is 18.2 Å². The molecule has 3 amide bonds. The summed E-state index contributed by atoms with van der Waals surface area (Å²) < 4.78 is 5.60. The largest absolute Gasteiger partial charge is 0.478 e. The number of benzene rings is 1. The molecule has 2 heterocycles. The van der Waals surface area contributed by atoms with Crippen molar-refractivity contribution in [3.8, 4) is 5.75 Å². The summed E-state index contributed by atoms with van der Waals surface area (Å²) in [5.41, 5.74) is 6.65. The van der Waals surface area contributed by atoms with Gasteiger partial charge in [0.05, 0.1) is 17.0 Å². The van der Waals surface area contributed by atoms with Crippen molar-refractivity contribution in [2.24, 2.45) is 5.92 Å². The third-order valence-electron chi connectivity index (χ3n) is 5.38. The lowest BCUT2D eigenvalue weighted by Gasteiger charge is -2.25. The number of hydrogen-bond donors (Lipinski definition) is 3. The van der Waals surface area contributed by atoms with E-state index in [0.717, 1.165) is 25.7 Å². The van der Waals surface area contributed by atoms with Gasteiger partial charge in [-0.1, -0.05) is 25.5 Å². The highest BCUT2D eigenvalue weighted by Crippen LogP contribution is 2.33. The number of thiophene rings is 1. The van der Waals surface area contributed by atoms with Gasteiger partial charge in [-0.2, -0.15) is 0 Å². The van der Waals surface area contributed by atoms with Crippen molar-refractivity contribution in [2.75, 3.05) is 5.32 Å². The van der Waals surface area contributed by atoms with Crippen LogP contribution in [-0.4, -0.2) is 23.8 Å². The minimum atomic E-state index is -0.943. The summed E-state index contributed by atoms with van der Waals surface area (Å²) in [5.74, 6) is -0.0278. The van der Waals surface area contributed by atoms with E-state index < -0.39 is 12.0 Å². The molecule has 0 radical (unpaired) electrons. The summed E-state index contributed by atoms with van der Waals surface area (Å²) in [5, 5.41) is 2.71. The maximum absolute atomic E-state index is 12.4. The molecule has 0 bridgehead atoms. The van der Waals surface area contributed by atoms with E-state index in [0.29, 0.717) is 22.2 Å². The molecule has 29 heavy (non-hydrogen) atoms. The van der Waals surface area contributed by atoms with Gasteiger partial charge >= 0.3 is 0 Å². The number of nitrogens with one attached hydrogen (secondary N) is 3. The molecule has 2 atom stereocenters. The number of rotatable bonds is 4. The van der Waals surface area contributed by atoms with Gasteiger partial charge in [0, 0.05) is 4.88 Å². The highest BCUT2D eigenvalue weighted by atomic mass is 32.1. The van der Waals surface area contributed by atoms with Crippen LogP contribution in [0.25, 0.3) is 0 Å². The van der Waals surface area contributed by atoms with Crippen LogP contribution in [0.1, 0.15) is 46.3 Å². The molecule has 0 fully saturated rings. The number of fused-ring (bicyclic) bond motifs is 2. The van der Waals surface area contributed by atoms with Crippen LogP contribution in [0.15, 0.2) is 30.3 Å². The first kappa shape index (κ1) is 19.4. The predicted molar refractivity (Wildman–Crippen MR) is 110 cm³/mol. The number of amides is 3. The second kappa shape index (κ2) is 8.24. The Labute approximate surface area is 172 Å². The third-order valence-corrected chi connectivity index (χ3v) is 6.61. The molecule has 1 aromatic heterocycles. The average Bonchev–Trinajstić information content (AvgIpc) is 3.16. The van der Waals surface area contributed by atoms with Gasteiger partial charge in [-0.25, -0.2) is 0 Å². The lowest BCUT2D eigenvalue weighted by molar-refractivity contribution is -0.130. The summed E-state index contributed by atoms with van der Waals surface area (Å²) in [6, 6.07) is 8.96. The fourth-order valence-electron chi connectivity index (χ4n) is 3.69. The Morgan fingerprint density at radius 3 is 2.93 bits per heavy atom. The van der Waals surface area contributed by atoms with Crippen LogP contribution in [0, 0.1) is 5.92 Å². The van der Waals surface area contributed by atoms with Crippen LogP contribution in [0.2, 0.25) is 0 Å². The van der Waals surface area contributed by atoms with Gasteiger partial charge in [-0.3, -0.25) is 25.2 Å². The minimum Gasteiger partial charge on any atom is -0.478 e. The second-order valence-electron chi connectivity index (χ2n) is 7.37. The fourth-order valence-corrected chi connectivity index (χ4v) is 4.80. The Hall–Kier alpha value is -2.87. The molecule has 1 aliphatic carbocycles. The van der Waals surface area contributed by atoms with Crippen LogP contribution < -0.4 is 20.9 Å². The Kier molecular flexibility index (Phi) is 5.53. The molecule has 1 aromatic carbocycles. The number of hydrogen-bond acceptors (Lipinski definition) is 5. The molecular weight excluding hydrogens is 390 g/mol. The summed E-state index contributed by atoms with van der Waals surface area (Å²) in [6.07, 6.45) is 3.19. The number of carbonyl (C=O) groups is 3. The topological polar surface area (TPSA) is 96.5 Å². The predicted octanol–water partition coefficient (Wildman–Crippen LogP) is 2.81. The standard InChI is InChI=1S/C21H23N3O4S/c1-2-12-7-8-17-13(9-12)10-18(29-17)21(27)24-23-19(25)11-16-20(26)22-14-5-3-4-6-15(14)28-16/h3-6,10,12,16H,2,7-9,11H2,1H3,(H,22,26)(H,23,25)(H,24,27)/t12-,16+/m1/s1. The van der Waals surface area contributed by atoms with Crippen molar-refractivity contribution in [3.05, 3.63) is 45.6 Å². The maximum atomic E-state index is 12.4. The third kappa shape index (κ3) is 4.27. The van der Waals surface area contributed by atoms with Gasteiger partial charge in [0.2, 0.25) is 5.91 Å². The van der Waals surface area contributed by atoms with Crippen LogP contribution in [0.5, 0.6) is 5.75 Å². The van der Waals surface area contributed by atoms with Crippen molar-refractivity contribution >= 4 is 34.7 Å². The Morgan fingerprint density at radius 1 is 1.28 bits per heavy atom. The molecule has 0 saturated carbocycles. The summed E-state index contributed by atoms with van der Waals surface area (Å²) in [7, 11) is 0. The first-order valence-corrected chi connectivity index (χ1v) is 10.6. The zero-order valence-electron chi connectivity index (χ0n) is 16.1. The number of hydrazine groups is 1. The first-order valence-electron chi connectivity index (χ1n) is 9.80. The number of para-hydroxylation sites is 2. The fraction of sp³-hybridized carbons (Fsp3) is 0.381. The van der Waals surface area contributed by atoms with Crippen molar-refractivity contribution in [1.29, 1.82) is 0 Å². The zero-order chi connectivity index (χ0) is 20.4. The SMILES string of the molecule is CC[C@@H]1CCc2sc(C(=O)NNC(=O)C[C@@H]3Oc4ccccc4NC3=O)cc2C1. The second-order valence-corrected chi connectivity index (χ2v) is 8.51. The number of aryl methyl sites for hydroxylation is 1. The van der Waals surface area contributed by atoms with Gasteiger partial charge < -0.3 is 10.1 Å². The highest BCUT2D eigenvalue weighted by Gasteiger charge is 2.30. The number of carbonyl (C=O) groups excluding carboxylic acids is 3. The van der Waals surface area contributed by atoms with Crippen molar-refractivity contribution in [2.45, 2.75) is 45.1 Å². The molecule has 2 aliphatic rings. The van der Waals surface area contributed by atoms with Gasteiger partial charge in [-0.05, 0) is 48.9 Å². The number of anilines is 1.